The number of anilines is 1. The Morgan fingerprint density at radius 2 is 2.25 bits per heavy atom. The lowest BCUT2D eigenvalue weighted by Gasteiger charge is -1.98. The summed E-state index contributed by atoms with van der Waals surface area (Å²) in [6.45, 7) is 2.00. The summed E-state index contributed by atoms with van der Waals surface area (Å²) in [5.41, 5.74) is 8.94. The van der Waals surface area contributed by atoms with Crippen molar-refractivity contribution in [2.24, 2.45) is 0 Å². The highest BCUT2D eigenvalue weighted by Gasteiger charge is 2.11. The number of fused-ring (bicyclic) bond motifs is 1. The van der Waals surface area contributed by atoms with Crippen LogP contribution in [0.1, 0.15) is 17.8 Å². The first kappa shape index (κ1) is 9.15. The third kappa shape index (κ3) is 1.31. The smallest absolute Gasteiger partial charge is 0.178 e. The highest BCUT2D eigenvalue weighted by molar-refractivity contribution is 5.67. The average Bonchev–Trinajstić information content (AvgIpc) is 2.82. The first-order chi connectivity index (χ1) is 7.74. The van der Waals surface area contributed by atoms with Crippen molar-refractivity contribution in [3.05, 3.63) is 41.7 Å². The Morgan fingerprint density at radius 3 is 3.00 bits per heavy atom. The first-order valence-electron chi connectivity index (χ1n) is 5.23. The second-order valence-electron chi connectivity index (χ2n) is 3.99. The molecule has 80 valence electrons. The van der Waals surface area contributed by atoms with Crippen LogP contribution in [0.3, 0.4) is 0 Å². The molecular weight excluding hydrogens is 200 g/mol. The molecule has 3 rings (SSSR count). The molecule has 0 unspecified atom stereocenters. The van der Waals surface area contributed by atoms with Gasteiger partial charge < -0.3 is 5.73 Å². The van der Waals surface area contributed by atoms with E-state index in [1.165, 1.54) is 0 Å². The van der Waals surface area contributed by atoms with E-state index in [0.717, 1.165) is 29.0 Å². The van der Waals surface area contributed by atoms with Gasteiger partial charge in [0.1, 0.15) is 5.82 Å². The minimum absolute atomic E-state index is 0.625. The molecule has 0 radical (unpaired) electrons. The first-order valence-corrected chi connectivity index (χ1v) is 5.23. The summed E-state index contributed by atoms with van der Waals surface area (Å²) in [5, 5.41) is 4.41. The van der Waals surface area contributed by atoms with Crippen LogP contribution in [0, 0.1) is 6.92 Å². The molecule has 0 saturated carbocycles. The molecule has 1 aliphatic carbocycles. The van der Waals surface area contributed by atoms with Crippen molar-refractivity contribution in [2.75, 3.05) is 5.73 Å². The fraction of sp³-hybridized carbons (Fsp3) is 0.167. The van der Waals surface area contributed by atoms with Gasteiger partial charge in [-0.1, -0.05) is 18.2 Å². The second-order valence-corrected chi connectivity index (χ2v) is 3.99. The molecule has 0 atom stereocenters. The van der Waals surface area contributed by atoms with Crippen LogP contribution in [0.15, 0.2) is 30.4 Å². The van der Waals surface area contributed by atoms with E-state index in [4.69, 9.17) is 5.73 Å². The van der Waals surface area contributed by atoms with Crippen LogP contribution in [-0.2, 0) is 0 Å². The number of nitrogens with two attached hydrogens (primary N) is 1. The number of pyridine rings is 1. The zero-order valence-corrected chi connectivity index (χ0v) is 9.01. The van der Waals surface area contributed by atoms with Crippen LogP contribution < -0.4 is 5.73 Å². The van der Waals surface area contributed by atoms with Crippen molar-refractivity contribution in [3.63, 3.8) is 0 Å². The third-order valence-corrected chi connectivity index (χ3v) is 2.67. The van der Waals surface area contributed by atoms with E-state index < -0.39 is 0 Å². The van der Waals surface area contributed by atoms with Crippen molar-refractivity contribution in [3.8, 4) is 0 Å². The SMILES string of the molecule is Cc1cc(N)n2nc(C3=CC=CC3)nc2c1. The summed E-state index contributed by atoms with van der Waals surface area (Å²) in [4.78, 5) is 4.48. The Morgan fingerprint density at radius 1 is 1.38 bits per heavy atom. The van der Waals surface area contributed by atoms with Gasteiger partial charge in [-0.3, -0.25) is 0 Å². The maximum atomic E-state index is 5.89. The average molecular weight is 212 g/mol. The van der Waals surface area contributed by atoms with E-state index in [1.54, 1.807) is 4.52 Å². The number of aromatic nitrogens is 3. The molecule has 2 heterocycles. The molecule has 2 aromatic rings. The lowest BCUT2D eigenvalue weighted by atomic mass is 10.2. The number of hydrogen-bond acceptors (Lipinski definition) is 3. The molecule has 0 fully saturated rings. The summed E-state index contributed by atoms with van der Waals surface area (Å²) in [5.74, 6) is 1.39. The van der Waals surface area contributed by atoms with E-state index in [1.807, 2.05) is 31.2 Å². The van der Waals surface area contributed by atoms with Crippen molar-refractivity contribution in [1.29, 1.82) is 0 Å². The molecule has 16 heavy (non-hydrogen) atoms. The van der Waals surface area contributed by atoms with Crippen molar-refractivity contribution in [1.82, 2.24) is 14.6 Å². The molecule has 1 aliphatic rings. The number of rotatable bonds is 1. The van der Waals surface area contributed by atoms with Crippen LogP contribution in [0.25, 0.3) is 11.2 Å². The topological polar surface area (TPSA) is 56.2 Å². The van der Waals surface area contributed by atoms with Crippen LogP contribution in [0.5, 0.6) is 0 Å². The Kier molecular flexibility index (Phi) is 1.83. The molecule has 0 amide bonds. The Bertz CT molecular complexity index is 619. The Balaban J connectivity index is 2.19. The summed E-state index contributed by atoms with van der Waals surface area (Å²) in [6, 6.07) is 3.88. The fourth-order valence-corrected chi connectivity index (χ4v) is 1.90. The van der Waals surface area contributed by atoms with E-state index in [-0.39, 0.29) is 0 Å². The highest BCUT2D eigenvalue weighted by Crippen LogP contribution is 2.21. The molecule has 0 aromatic carbocycles. The molecule has 0 spiro atoms. The van der Waals surface area contributed by atoms with Gasteiger partial charge in [0.15, 0.2) is 11.5 Å². The van der Waals surface area contributed by atoms with Crippen LogP contribution >= 0.6 is 0 Å². The molecule has 0 bridgehead atoms. The van der Waals surface area contributed by atoms with Crippen molar-refractivity contribution < 1.29 is 0 Å². The summed E-state index contributed by atoms with van der Waals surface area (Å²) in [7, 11) is 0. The predicted octanol–water partition coefficient (Wildman–Crippen LogP) is 1.96. The summed E-state index contributed by atoms with van der Waals surface area (Å²) < 4.78 is 1.68. The predicted molar refractivity (Wildman–Crippen MR) is 63.9 cm³/mol. The van der Waals surface area contributed by atoms with Crippen molar-refractivity contribution >= 4 is 17.0 Å². The lowest BCUT2D eigenvalue weighted by molar-refractivity contribution is 0.956. The van der Waals surface area contributed by atoms with Crippen LogP contribution in [-0.4, -0.2) is 14.6 Å². The van der Waals surface area contributed by atoms with Gasteiger partial charge in [0.2, 0.25) is 0 Å². The van der Waals surface area contributed by atoms with E-state index in [9.17, 15) is 0 Å². The second kappa shape index (κ2) is 3.20. The van der Waals surface area contributed by atoms with Crippen LogP contribution in [0.4, 0.5) is 5.82 Å². The monoisotopic (exact) mass is 212 g/mol. The van der Waals surface area contributed by atoms with Gasteiger partial charge in [-0.05, 0) is 31.0 Å². The zero-order chi connectivity index (χ0) is 11.1. The summed E-state index contributed by atoms with van der Waals surface area (Å²) in [6.07, 6.45) is 7.05. The molecule has 4 heteroatoms. The van der Waals surface area contributed by atoms with E-state index in [2.05, 4.69) is 16.2 Å². The molecular formula is C12H12N4. The number of allylic oxidation sites excluding steroid dienone is 4. The molecule has 2 aromatic heterocycles. The quantitative estimate of drug-likeness (QED) is 0.786. The fourth-order valence-electron chi connectivity index (χ4n) is 1.90. The van der Waals surface area contributed by atoms with E-state index in [0.29, 0.717) is 5.82 Å². The molecule has 2 N–H and O–H groups in total. The van der Waals surface area contributed by atoms with Gasteiger partial charge in [0.05, 0.1) is 0 Å². The standard InChI is InChI=1S/C12H12N4/c1-8-6-10(13)16-11(7-8)14-12(15-16)9-4-2-3-5-9/h2-4,6-7H,5,13H2,1H3. The minimum atomic E-state index is 0.625. The summed E-state index contributed by atoms with van der Waals surface area (Å²) >= 11 is 0. The van der Waals surface area contributed by atoms with Gasteiger partial charge in [-0.15, -0.1) is 5.10 Å². The lowest BCUT2D eigenvalue weighted by Crippen LogP contribution is -1.98. The largest absolute Gasteiger partial charge is 0.384 e. The van der Waals surface area contributed by atoms with Gasteiger partial charge >= 0.3 is 0 Å². The zero-order valence-electron chi connectivity index (χ0n) is 9.01. The van der Waals surface area contributed by atoms with Gasteiger partial charge in [0, 0.05) is 5.57 Å². The Hall–Kier alpha value is -2.10. The van der Waals surface area contributed by atoms with Gasteiger partial charge in [0.25, 0.3) is 0 Å². The normalized spacial score (nSPS) is 14.7. The highest BCUT2D eigenvalue weighted by atomic mass is 15.3. The molecule has 4 nitrogen and oxygen atoms in total. The maximum absolute atomic E-state index is 5.89. The number of nitrogen functional groups attached to an aromatic ring is 1. The van der Waals surface area contributed by atoms with Gasteiger partial charge in [-0.2, -0.15) is 4.52 Å². The van der Waals surface area contributed by atoms with Gasteiger partial charge in [-0.25, -0.2) is 4.98 Å². The molecule has 0 aliphatic heterocycles. The molecule has 0 saturated heterocycles. The maximum Gasteiger partial charge on any atom is 0.178 e. The van der Waals surface area contributed by atoms with E-state index >= 15 is 0 Å². The Labute approximate surface area is 93.1 Å². The minimum Gasteiger partial charge on any atom is -0.384 e. The van der Waals surface area contributed by atoms with Crippen LogP contribution in [0.2, 0.25) is 0 Å². The third-order valence-electron chi connectivity index (χ3n) is 2.67. The number of nitrogens with zero attached hydrogens (tertiary/aromatic N) is 3. The number of aryl methyl sites for hydroxylation is 1. The van der Waals surface area contributed by atoms with Crippen molar-refractivity contribution in [2.45, 2.75) is 13.3 Å². The number of hydrogen-bond donors (Lipinski definition) is 1.